The lowest BCUT2D eigenvalue weighted by Crippen LogP contribution is -2.23. The summed E-state index contributed by atoms with van der Waals surface area (Å²) < 4.78 is 21.0. The van der Waals surface area contributed by atoms with Crippen LogP contribution in [0, 0.1) is 11.3 Å². The van der Waals surface area contributed by atoms with Gasteiger partial charge in [0.2, 0.25) is 5.76 Å². The van der Waals surface area contributed by atoms with Gasteiger partial charge in [-0.1, -0.05) is 6.07 Å². The van der Waals surface area contributed by atoms with Crippen molar-refractivity contribution in [2.45, 2.75) is 13.5 Å². The van der Waals surface area contributed by atoms with E-state index >= 15 is 0 Å². The Balaban J connectivity index is 1.77. The van der Waals surface area contributed by atoms with Gasteiger partial charge in [-0.3, -0.25) is 4.79 Å². The predicted octanol–water partition coefficient (Wildman–Crippen LogP) is 3.71. The molecular formula is C22H18N2O6. The summed E-state index contributed by atoms with van der Waals surface area (Å²) in [6.07, 6.45) is 4.28. The van der Waals surface area contributed by atoms with Crippen molar-refractivity contribution >= 4 is 18.0 Å². The number of hydrogen-bond donors (Lipinski definition) is 1. The Morgan fingerprint density at radius 1 is 1.13 bits per heavy atom. The van der Waals surface area contributed by atoms with Gasteiger partial charge in [0.1, 0.15) is 17.4 Å². The maximum absolute atomic E-state index is 12.3. The molecule has 8 heteroatoms. The van der Waals surface area contributed by atoms with Crippen LogP contribution < -0.4 is 14.8 Å². The van der Waals surface area contributed by atoms with Gasteiger partial charge in [0.05, 0.1) is 25.7 Å². The molecule has 8 nitrogen and oxygen atoms in total. The zero-order chi connectivity index (χ0) is 21.3. The van der Waals surface area contributed by atoms with Crippen molar-refractivity contribution in [1.82, 2.24) is 5.32 Å². The van der Waals surface area contributed by atoms with Crippen molar-refractivity contribution in [2.75, 3.05) is 6.61 Å². The van der Waals surface area contributed by atoms with Crippen LogP contribution in [-0.2, 0) is 11.3 Å². The first-order valence-electron chi connectivity index (χ1n) is 9.05. The van der Waals surface area contributed by atoms with E-state index in [4.69, 9.17) is 18.3 Å². The van der Waals surface area contributed by atoms with Crippen LogP contribution in [0.4, 0.5) is 0 Å². The number of benzene rings is 1. The van der Waals surface area contributed by atoms with Crippen molar-refractivity contribution in [3.8, 4) is 17.6 Å². The normalized spacial score (nSPS) is 10.9. The lowest BCUT2D eigenvalue weighted by Gasteiger charge is -2.11. The molecule has 0 aliphatic rings. The van der Waals surface area contributed by atoms with E-state index in [9.17, 15) is 14.9 Å². The third-order valence-electron chi connectivity index (χ3n) is 3.87. The van der Waals surface area contributed by atoms with Crippen LogP contribution in [0.25, 0.3) is 6.08 Å². The molecule has 1 amide bonds. The third kappa shape index (κ3) is 5.17. The highest BCUT2D eigenvalue weighted by Crippen LogP contribution is 2.30. The van der Waals surface area contributed by atoms with Crippen molar-refractivity contribution in [3.05, 3.63) is 77.6 Å². The van der Waals surface area contributed by atoms with E-state index in [0.717, 1.165) is 0 Å². The van der Waals surface area contributed by atoms with Crippen LogP contribution in [0.15, 0.2) is 69.4 Å². The zero-order valence-electron chi connectivity index (χ0n) is 16.1. The fourth-order valence-corrected chi connectivity index (χ4v) is 2.50. The van der Waals surface area contributed by atoms with Crippen LogP contribution in [0.3, 0.4) is 0 Å². The number of hydrogen-bond acceptors (Lipinski definition) is 7. The molecule has 0 bridgehead atoms. The summed E-state index contributed by atoms with van der Waals surface area (Å²) in [7, 11) is 0. The van der Waals surface area contributed by atoms with Gasteiger partial charge in [-0.15, -0.1) is 0 Å². The highest BCUT2D eigenvalue weighted by Gasteiger charge is 2.16. The number of furan rings is 2. The van der Waals surface area contributed by atoms with Gasteiger partial charge < -0.3 is 23.6 Å². The van der Waals surface area contributed by atoms with Gasteiger partial charge in [0, 0.05) is 0 Å². The minimum atomic E-state index is -0.667. The van der Waals surface area contributed by atoms with E-state index in [1.165, 1.54) is 30.7 Å². The Morgan fingerprint density at radius 3 is 2.60 bits per heavy atom. The molecule has 3 aromatic rings. The molecular weight excluding hydrogens is 388 g/mol. The Kier molecular flexibility index (Phi) is 6.69. The van der Waals surface area contributed by atoms with Crippen LogP contribution in [0.5, 0.6) is 11.5 Å². The molecule has 0 saturated carbocycles. The van der Waals surface area contributed by atoms with Crippen molar-refractivity contribution in [2.24, 2.45) is 0 Å². The fourth-order valence-electron chi connectivity index (χ4n) is 2.50. The van der Waals surface area contributed by atoms with Gasteiger partial charge in [-0.25, -0.2) is 4.79 Å². The number of carbonyl (C=O) groups excluding carboxylic acids is 2. The second-order valence-electron chi connectivity index (χ2n) is 5.94. The van der Waals surface area contributed by atoms with Gasteiger partial charge in [-0.2, -0.15) is 5.26 Å². The minimum Gasteiger partial charge on any atom is -0.490 e. The summed E-state index contributed by atoms with van der Waals surface area (Å²) in [6.45, 7) is 2.27. The first-order chi connectivity index (χ1) is 14.6. The molecule has 3 rings (SSSR count). The number of nitrogens with zero attached hydrogens (tertiary/aromatic N) is 1. The van der Waals surface area contributed by atoms with Crippen LogP contribution in [-0.4, -0.2) is 18.5 Å². The monoisotopic (exact) mass is 406 g/mol. The number of nitriles is 1. The summed E-state index contributed by atoms with van der Waals surface area (Å²) in [5.74, 6) is -0.0986. The maximum atomic E-state index is 12.3. The lowest BCUT2D eigenvalue weighted by molar-refractivity contribution is -0.117. The maximum Gasteiger partial charge on any atom is 0.379 e. The first kappa shape index (κ1) is 20.5. The molecule has 0 unspecified atom stereocenters. The molecule has 0 aliphatic heterocycles. The molecule has 0 saturated heterocycles. The average molecular weight is 406 g/mol. The molecule has 0 radical (unpaired) electrons. The first-order valence-corrected chi connectivity index (χ1v) is 9.05. The molecule has 1 aromatic carbocycles. The number of amides is 1. The lowest BCUT2D eigenvalue weighted by atomic mass is 10.1. The van der Waals surface area contributed by atoms with E-state index in [1.807, 2.05) is 6.07 Å². The smallest absolute Gasteiger partial charge is 0.379 e. The van der Waals surface area contributed by atoms with Crippen LogP contribution >= 0.6 is 0 Å². The second-order valence-corrected chi connectivity index (χ2v) is 5.94. The average Bonchev–Trinajstić information content (AvgIpc) is 3.46. The number of carbonyl (C=O) groups is 2. The summed E-state index contributed by atoms with van der Waals surface area (Å²) in [6, 6.07) is 13.1. The molecule has 152 valence electrons. The number of nitrogens with one attached hydrogen (secondary N) is 1. The zero-order valence-corrected chi connectivity index (χ0v) is 16.1. The topological polar surface area (TPSA) is 115 Å². The quantitative estimate of drug-likeness (QED) is 0.262. The van der Waals surface area contributed by atoms with Crippen molar-refractivity contribution in [1.29, 1.82) is 5.26 Å². The van der Waals surface area contributed by atoms with Gasteiger partial charge in [0.15, 0.2) is 11.5 Å². The van der Waals surface area contributed by atoms with Crippen molar-refractivity contribution in [3.63, 3.8) is 0 Å². The molecule has 0 atom stereocenters. The Labute approximate surface area is 172 Å². The third-order valence-corrected chi connectivity index (χ3v) is 3.87. The van der Waals surface area contributed by atoms with E-state index < -0.39 is 11.9 Å². The van der Waals surface area contributed by atoms with Crippen molar-refractivity contribution < 1.29 is 27.9 Å². The van der Waals surface area contributed by atoms with E-state index in [1.54, 1.807) is 37.3 Å². The summed E-state index contributed by atoms with van der Waals surface area (Å²) in [4.78, 5) is 24.4. The standard InChI is InChI=1S/C22H18N2O6/c1-2-27-20-12-15(7-8-18(20)30-22(26)19-6-4-10-29-19)11-16(13-23)21(25)24-14-17-5-3-9-28-17/h3-12H,2,14H2,1H3,(H,24,25)/b16-11+. The number of esters is 1. The molecule has 2 heterocycles. The number of ether oxygens (including phenoxy) is 2. The Hall–Kier alpha value is -4.25. The summed E-state index contributed by atoms with van der Waals surface area (Å²) in [5, 5.41) is 12.0. The highest BCUT2D eigenvalue weighted by atomic mass is 16.6. The second kappa shape index (κ2) is 9.80. The molecule has 1 N–H and O–H groups in total. The largest absolute Gasteiger partial charge is 0.490 e. The fraction of sp³-hybridized carbons (Fsp3) is 0.136. The SMILES string of the molecule is CCOc1cc(/C=C(\C#N)C(=O)NCc2ccco2)ccc1OC(=O)c1ccco1. The van der Waals surface area contributed by atoms with Crippen LogP contribution in [0.2, 0.25) is 0 Å². The van der Waals surface area contributed by atoms with Gasteiger partial charge >= 0.3 is 5.97 Å². The minimum absolute atomic E-state index is 0.0569. The molecule has 0 fully saturated rings. The van der Waals surface area contributed by atoms with E-state index in [-0.39, 0.29) is 23.6 Å². The molecule has 0 spiro atoms. The van der Waals surface area contributed by atoms with Crippen LogP contribution in [0.1, 0.15) is 28.8 Å². The molecule has 0 aliphatic carbocycles. The Morgan fingerprint density at radius 2 is 1.93 bits per heavy atom. The Bertz CT molecular complexity index is 1080. The van der Waals surface area contributed by atoms with Gasteiger partial charge in [0.25, 0.3) is 5.91 Å². The number of rotatable bonds is 8. The summed E-state index contributed by atoms with van der Waals surface area (Å²) >= 11 is 0. The van der Waals surface area contributed by atoms with E-state index in [2.05, 4.69) is 5.32 Å². The molecule has 30 heavy (non-hydrogen) atoms. The van der Waals surface area contributed by atoms with E-state index in [0.29, 0.717) is 23.7 Å². The van der Waals surface area contributed by atoms with Gasteiger partial charge in [-0.05, 0) is 55.0 Å². The summed E-state index contributed by atoms with van der Waals surface area (Å²) in [5.41, 5.74) is 0.435. The molecule has 2 aromatic heterocycles. The predicted molar refractivity (Wildman–Crippen MR) is 105 cm³/mol. The highest BCUT2D eigenvalue weighted by molar-refractivity contribution is 6.01.